The molecule has 0 bridgehead atoms. The number of rotatable bonds is 1. The van der Waals surface area contributed by atoms with Gasteiger partial charge < -0.3 is 21.9 Å². The Morgan fingerprint density at radius 2 is 1.71 bits per heavy atom. The van der Waals surface area contributed by atoms with Crippen molar-refractivity contribution in [3.63, 3.8) is 0 Å². The Balaban J connectivity index is 3.06. The molecule has 0 atom stereocenters. The molecule has 0 unspecified atom stereocenters. The SMILES string of the molecule is Nc1cnc(OC(F)(F)F)c(N)c1N. The van der Waals surface area contributed by atoms with E-state index in [0.29, 0.717) is 0 Å². The minimum absolute atomic E-state index is 0.00276. The number of nitrogen functional groups attached to an aromatic ring is 3. The first-order chi connectivity index (χ1) is 6.31. The predicted molar refractivity (Wildman–Crippen MR) is 44.2 cm³/mol. The normalized spacial score (nSPS) is 11.4. The van der Waals surface area contributed by atoms with Crippen molar-refractivity contribution in [3.8, 4) is 5.88 Å². The number of aromatic nitrogens is 1. The maximum Gasteiger partial charge on any atom is 0.574 e. The molecule has 5 nitrogen and oxygen atoms in total. The second-order valence-electron chi connectivity index (χ2n) is 2.39. The van der Waals surface area contributed by atoms with Crippen LogP contribution < -0.4 is 21.9 Å². The third kappa shape index (κ3) is 2.09. The summed E-state index contributed by atoms with van der Waals surface area (Å²) < 4.78 is 38.8. The first kappa shape index (κ1) is 10.2. The van der Waals surface area contributed by atoms with E-state index in [1.54, 1.807) is 0 Å². The summed E-state index contributed by atoms with van der Waals surface area (Å²) in [5, 5.41) is 0. The van der Waals surface area contributed by atoms with E-state index in [1.165, 1.54) is 0 Å². The van der Waals surface area contributed by atoms with E-state index in [9.17, 15) is 13.2 Å². The van der Waals surface area contributed by atoms with Crippen molar-refractivity contribution in [2.24, 2.45) is 0 Å². The maximum atomic E-state index is 11.8. The van der Waals surface area contributed by atoms with Gasteiger partial charge in [0, 0.05) is 0 Å². The van der Waals surface area contributed by atoms with Gasteiger partial charge in [-0.25, -0.2) is 4.98 Å². The van der Waals surface area contributed by atoms with Crippen molar-refractivity contribution in [1.29, 1.82) is 0 Å². The first-order valence-electron chi connectivity index (χ1n) is 3.36. The Bertz CT molecular complexity index is 352. The van der Waals surface area contributed by atoms with E-state index in [0.717, 1.165) is 6.20 Å². The topological polar surface area (TPSA) is 100 Å². The first-order valence-corrected chi connectivity index (χ1v) is 3.36. The predicted octanol–water partition coefficient (Wildman–Crippen LogP) is 0.727. The van der Waals surface area contributed by atoms with Crippen molar-refractivity contribution in [2.75, 3.05) is 17.2 Å². The lowest BCUT2D eigenvalue weighted by Crippen LogP contribution is -2.19. The van der Waals surface area contributed by atoms with Gasteiger partial charge in [-0.3, -0.25) is 0 Å². The van der Waals surface area contributed by atoms with E-state index in [2.05, 4.69) is 9.72 Å². The largest absolute Gasteiger partial charge is 0.574 e. The van der Waals surface area contributed by atoms with Crippen LogP contribution in [-0.2, 0) is 0 Å². The molecule has 0 saturated carbocycles. The van der Waals surface area contributed by atoms with Crippen LogP contribution in [0.4, 0.5) is 30.2 Å². The Labute approximate surface area is 76.6 Å². The number of anilines is 3. The number of nitrogens with two attached hydrogens (primary N) is 3. The van der Waals surface area contributed by atoms with Gasteiger partial charge in [0.15, 0.2) is 0 Å². The molecule has 14 heavy (non-hydrogen) atoms. The van der Waals surface area contributed by atoms with Gasteiger partial charge in [-0.15, -0.1) is 13.2 Å². The van der Waals surface area contributed by atoms with Crippen LogP contribution in [0.3, 0.4) is 0 Å². The molecule has 1 aromatic rings. The molecule has 0 spiro atoms. The van der Waals surface area contributed by atoms with Gasteiger partial charge in [0.25, 0.3) is 0 Å². The highest BCUT2D eigenvalue weighted by Gasteiger charge is 2.33. The summed E-state index contributed by atoms with van der Waals surface area (Å²) in [5.41, 5.74) is 15.1. The summed E-state index contributed by atoms with van der Waals surface area (Å²) >= 11 is 0. The second kappa shape index (κ2) is 3.13. The molecular weight excluding hydrogens is 201 g/mol. The summed E-state index contributed by atoms with van der Waals surface area (Å²) in [6.45, 7) is 0. The smallest absolute Gasteiger partial charge is 0.396 e. The van der Waals surface area contributed by atoms with E-state index in [1.807, 2.05) is 0 Å². The van der Waals surface area contributed by atoms with Gasteiger partial charge in [-0.1, -0.05) is 0 Å². The summed E-state index contributed by atoms with van der Waals surface area (Å²) in [5.74, 6) is -0.802. The van der Waals surface area contributed by atoms with Crippen LogP contribution in [0.1, 0.15) is 0 Å². The zero-order valence-corrected chi connectivity index (χ0v) is 6.80. The fourth-order valence-corrected chi connectivity index (χ4v) is 0.729. The van der Waals surface area contributed by atoms with E-state index in [-0.39, 0.29) is 11.4 Å². The fourth-order valence-electron chi connectivity index (χ4n) is 0.729. The van der Waals surface area contributed by atoms with Crippen molar-refractivity contribution in [1.82, 2.24) is 4.98 Å². The van der Waals surface area contributed by atoms with Crippen molar-refractivity contribution in [2.45, 2.75) is 6.36 Å². The molecule has 0 aliphatic rings. The third-order valence-electron chi connectivity index (χ3n) is 1.36. The summed E-state index contributed by atoms with van der Waals surface area (Å²) in [6, 6.07) is 0. The number of hydrogen-bond donors (Lipinski definition) is 3. The van der Waals surface area contributed by atoms with Crippen LogP contribution in [-0.4, -0.2) is 11.3 Å². The number of hydrogen-bond acceptors (Lipinski definition) is 5. The van der Waals surface area contributed by atoms with Gasteiger partial charge in [0.2, 0.25) is 5.88 Å². The maximum absolute atomic E-state index is 11.8. The third-order valence-corrected chi connectivity index (χ3v) is 1.36. The van der Waals surface area contributed by atoms with Crippen molar-refractivity contribution < 1.29 is 17.9 Å². The van der Waals surface area contributed by atoms with Crippen LogP contribution in [0, 0.1) is 0 Å². The average molecular weight is 208 g/mol. The Kier molecular flexibility index (Phi) is 2.28. The number of ether oxygens (including phenoxy) is 1. The molecule has 0 aliphatic carbocycles. The minimum Gasteiger partial charge on any atom is -0.396 e. The lowest BCUT2D eigenvalue weighted by atomic mass is 10.3. The van der Waals surface area contributed by atoms with Crippen LogP contribution in [0.5, 0.6) is 5.88 Å². The zero-order chi connectivity index (χ0) is 10.9. The summed E-state index contributed by atoms with van der Waals surface area (Å²) in [7, 11) is 0. The standard InChI is InChI=1S/C6H7F3N4O/c7-6(8,9)14-5-4(12)3(11)2(10)1-13-5/h1H,10,12H2,(H2,11,13). The van der Waals surface area contributed by atoms with Crippen LogP contribution in [0.2, 0.25) is 0 Å². The van der Waals surface area contributed by atoms with E-state index >= 15 is 0 Å². The van der Waals surface area contributed by atoms with Crippen LogP contribution >= 0.6 is 0 Å². The van der Waals surface area contributed by atoms with Crippen LogP contribution in [0.15, 0.2) is 6.20 Å². The molecule has 0 radical (unpaired) electrons. The summed E-state index contributed by atoms with van der Waals surface area (Å²) in [4.78, 5) is 3.25. The quantitative estimate of drug-likeness (QED) is 0.631. The Hall–Kier alpha value is -1.86. The van der Waals surface area contributed by atoms with Crippen LogP contribution in [0.25, 0.3) is 0 Å². The highest BCUT2D eigenvalue weighted by molar-refractivity contribution is 5.79. The van der Waals surface area contributed by atoms with Crippen molar-refractivity contribution >= 4 is 17.1 Å². The van der Waals surface area contributed by atoms with E-state index < -0.39 is 17.9 Å². The lowest BCUT2D eigenvalue weighted by Gasteiger charge is -2.11. The van der Waals surface area contributed by atoms with Gasteiger partial charge in [0.05, 0.1) is 17.6 Å². The van der Waals surface area contributed by atoms with E-state index in [4.69, 9.17) is 17.2 Å². The molecule has 0 amide bonds. The average Bonchev–Trinajstić information content (AvgIpc) is 2.04. The highest BCUT2D eigenvalue weighted by Crippen LogP contribution is 2.32. The minimum atomic E-state index is -4.86. The number of pyridine rings is 1. The molecule has 6 N–H and O–H groups in total. The second-order valence-corrected chi connectivity index (χ2v) is 2.39. The molecule has 78 valence electrons. The monoisotopic (exact) mass is 208 g/mol. The summed E-state index contributed by atoms with van der Waals surface area (Å²) in [6.07, 6.45) is -3.92. The highest BCUT2D eigenvalue weighted by atomic mass is 19.4. The molecule has 1 aromatic heterocycles. The van der Waals surface area contributed by atoms with Gasteiger partial charge in [-0.2, -0.15) is 0 Å². The van der Waals surface area contributed by atoms with Gasteiger partial charge in [0.1, 0.15) is 5.69 Å². The number of alkyl halides is 3. The molecule has 0 saturated heterocycles. The number of nitrogens with zero attached hydrogens (tertiary/aromatic N) is 1. The molecule has 0 aromatic carbocycles. The zero-order valence-electron chi connectivity index (χ0n) is 6.80. The van der Waals surface area contributed by atoms with Gasteiger partial charge >= 0.3 is 6.36 Å². The molecule has 0 aliphatic heterocycles. The molecular formula is C6H7F3N4O. The molecule has 8 heteroatoms. The number of halogens is 3. The Morgan fingerprint density at radius 3 is 2.21 bits per heavy atom. The molecule has 1 rings (SSSR count). The molecule has 1 heterocycles. The van der Waals surface area contributed by atoms with Crippen molar-refractivity contribution in [3.05, 3.63) is 6.20 Å². The molecule has 0 fully saturated rings. The fraction of sp³-hybridized carbons (Fsp3) is 0.167. The van der Waals surface area contributed by atoms with Gasteiger partial charge in [-0.05, 0) is 0 Å². The Morgan fingerprint density at radius 1 is 1.14 bits per heavy atom. The lowest BCUT2D eigenvalue weighted by molar-refractivity contribution is -0.275.